The molecule has 3 rings (SSSR count). The average molecular weight is 291 g/mol. The molecule has 0 aliphatic carbocycles. The second-order valence-electron chi connectivity index (χ2n) is 4.21. The van der Waals surface area contributed by atoms with Gasteiger partial charge in [-0.05, 0) is 12.5 Å². The minimum absolute atomic E-state index is 0.0798. The lowest BCUT2D eigenvalue weighted by atomic mass is 10.1. The molecule has 0 amide bonds. The van der Waals surface area contributed by atoms with Crippen molar-refractivity contribution in [3.05, 3.63) is 57.3 Å². The molecule has 0 unspecified atom stereocenters. The summed E-state index contributed by atoms with van der Waals surface area (Å²) < 4.78 is 1.66. The zero-order valence-electron chi connectivity index (χ0n) is 10.3. The molecule has 2 heterocycles. The van der Waals surface area contributed by atoms with Gasteiger partial charge in [-0.2, -0.15) is 0 Å². The zero-order chi connectivity index (χ0) is 13.4. The highest BCUT2D eigenvalue weighted by Gasteiger charge is 2.14. The van der Waals surface area contributed by atoms with E-state index >= 15 is 0 Å². The van der Waals surface area contributed by atoms with E-state index in [0.29, 0.717) is 10.7 Å². The maximum absolute atomic E-state index is 12.2. The summed E-state index contributed by atoms with van der Waals surface area (Å²) in [5.74, 6) is 0.253. The number of rotatable bonds is 2. The average Bonchev–Trinajstić information content (AvgIpc) is 2.76. The predicted molar refractivity (Wildman–Crippen MR) is 79.1 cm³/mol. The quantitative estimate of drug-likeness (QED) is 0.677. The molecule has 19 heavy (non-hydrogen) atoms. The minimum Gasteiger partial charge on any atom is -0.269 e. The number of hydrogen-bond donors (Lipinski definition) is 0. The van der Waals surface area contributed by atoms with Gasteiger partial charge in [-0.3, -0.25) is 9.20 Å². The smallest absolute Gasteiger partial charge is 0.259 e. The van der Waals surface area contributed by atoms with E-state index in [0.717, 1.165) is 16.1 Å². The number of thiazole rings is 1. The van der Waals surface area contributed by atoms with Crippen LogP contribution < -0.4 is 5.56 Å². The van der Waals surface area contributed by atoms with Gasteiger partial charge >= 0.3 is 0 Å². The van der Waals surface area contributed by atoms with E-state index in [1.165, 1.54) is 17.4 Å². The van der Waals surface area contributed by atoms with Gasteiger partial charge in [-0.25, -0.2) is 4.98 Å². The maximum Gasteiger partial charge on any atom is 0.259 e. The summed E-state index contributed by atoms with van der Waals surface area (Å²) in [4.78, 5) is 18.4. The summed E-state index contributed by atoms with van der Waals surface area (Å²) in [6.45, 7) is 2.00. The lowest BCUT2D eigenvalue weighted by Crippen LogP contribution is -2.14. The van der Waals surface area contributed by atoms with Crippen molar-refractivity contribution in [1.29, 1.82) is 0 Å². The molecule has 0 aliphatic heterocycles. The van der Waals surface area contributed by atoms with Crippen molar-refractivity contribution in [2.24, 2.45) is 0 Å². The Bertz CT molecular complexity index is 792. The molecule has 0 aliphatic rings. The van der Waals surface area contributed by atoms with Gasteiger partial charge in [0.1, 0.15) is 0 Å². The maximum atomic E-state index is 12.2. The van der Waals surface area contributed by atoms with Crippen molar-refractivity contribution < 1.29 is 0 Å². The number of halogens is 1. The molecule has 5 heteroatoms. The van der Waals surface area contributed by atoms with Gasteiger partial charge in [-0.1, -0.05) is 30.3 Å². The van der Waals surface area contributed by atoms with Crippen molar-refractivity contribution >= 4 is 27.9 Å². The van der Waals surface area contributed by atoms with E-state index in [2.05, 4.69) is 4.98 Å². The summed E-state index contributed by atoms with van der Waals surface area (Å²) in [5, 5.41) is 0. The summed E-state index contributed by atoms with van der Waals surface area (Å²) in [7, 11) is 0. The highest BCUT2D eigenvalue weighted by molar-refractivity contribution is 7.17. The molecule has 0 bridgehead atoms. The first-order valence-electron chi connectivity index (χ1n) is 5.84. The summed E-state index contributed by atoms with van der Waals surface area (Å²) in [6, 6.07) is 11.4. The Balaban J connectivity index is 2.38. The van der Waals surface area contributed by atoms with Crippen LogP contribution in [-0.2, 0) is 5.88 Å². The Hall–Kier alpha value is -1.65. The number of benzene rings is 1. The van der Waals surface area contributed by atoms with Crippen molar-refractivity contribution in [1.82, 2.24) is 9.38 Å². The van der Waals surface area contributed by atoms with Gasteiger partial charge < -0.3 is 0 Å². The van der Waals surface area contributed by atoms with E-state index in [9.17, 15) is 4.79 Å². The Kier molecular flexibility index (Phi) is 3.12. The number of nitrogens with zero attached hydrogens (tertiary/aromatic N) is 2. The summed E-state index contributed by atoms with van der Waals surface area (Å²) in [6.07, 6.45) is 0. The van der Waals surface area contributed by atoms with Crippen LogP contribution in [0, 0.1) is 6.92 Å². The first kappa shape index (κ1) is 12.4. The summed E-state index contributed by atoms with van der Waals surface area (Å²) in [5.41, 5.74) is 2.48. The zero-order valence-corrected chi connectivity index (χ0v) is 11.8. The van der Waals surface area contributed by atoms with Crippen molar-refractivity contribution in [3.63, 3.8) is 0 Å². The Morgan fingerprint density at radius 1 is 1.32 bits per heavy atom. The van der Waals surface area contributed by atoms with Crippen LogP contribution in [-0.4, -0.2) is 9.38 Å². The third kappa shape index (κ3) is 2.07. The molecular weight excluding hydrogens is 280 g/mol. The van der Waals surface area contributed by atoms with E-state index in [4.69, 9.17) is 11.6 Å². The SMILES string of the molecule is Cc1sc2nc(CCl)cc(=O)n2c1-c1ccccc1. The lowest BCUT2D eigenvalue weighted by Gasteiger charge is -2.03. The standard InChI is InChI=1S/C14H11ClN2OS/c1-9-13(10-5-3-2-4-6-10)17-12(18)7-11(8-15)16-14(17)19-9/h2-7H,8H2,1H3. The second kappa shape index (κ2) is 4.79. The molecule has 0 saturated heterocycles. The van der Waals surface area contributed by atoms with Gasteiger partial charge in [0, 0.05) is 10.9 Å². The first-order valence-corrected chi connectivity index (χ1v) is 7.19. The molecule has 0 spiro atoms. The number of aryl methyl sites for hydroxylation is 1. The first-order chi connectivity index (χ1) is 9.20. The Morgan fingerprint density at radius 3 is 2.74 bits per heavy atom. The second-order valence-corrected chi connectivity index (χ2v) is 5.66. The fourth-order valence-electron chi connectivity index (χ4n) is 2.12. The van der Waals surface area contributed by atoms with Crippen molar-refractivity contribution in [2.75, 3.05) is 0 Å². The minimum atomic E-state index is -0.0798. The molecule has 1 aromatic carbocycles. The molecular formula is C14H11ClN2OS. The van der Waals surface area contributed by atoms with Gasteiger partial charge in [-0.15, -0.1) is 22.9 Å². The monoisotopic (exact) mass is 290 g/mol. The molecule has 0 radical (unpaired) electrons. The molecule has 2 aromatic heterocycles. The largest absolute Gasteiger partial charge is 0.269 e. The molecule has 0 N–H and O–H groups in total. The van der Waals surface area contributed by atoms with Crippen LogP contribution in [0.3, 0.4) is 0 Å². The van der Waals surface area contributed by atoms with Crippen LogP contribution in [0.15, 0.2) is 41.2 Å². The van der Waals surface area contributed by atoms with Gasteiger partial charge in [0.2, 0.25) is 0 Å². The van der Waals surface area contributed by atoms with Crippen LogP contribution in [0.2, 0.25) is 0 Å². The Labute approximate surface area is 119 Å². The molecule has 96 valence electrons. The van der Waals surface area contributed by atoms with Gasteiger partial charge in [0.25, 0.3) is 5.56 Å². The van der Waals surface area contributed by atoms with E-state index in [1.807, 2.05) is 37.3 Å². The van der Waals surface area contributed by atoms with Crippen LogP contribution >= 0.6 is 22.9 Å². The predicted octanol–water partition coefficient (Wildman–Crippen LogP) is 3.47. The van der Waals surface area contributed by atoms with E-state index < -0.39 is 0 Å². The number of aromatic nitrogens is 2. The van der Waals surface area contributed by atoms with E-state index in [1.54, 1.807) is 4.40 Å². The van der Waals surface area contributed by atoms with Gasteiger partial charge in [0.15, 0.2) is 4.96 Å². The molecule has 0 atom stereocenters. The molecule has 3 nitrogen and oxygen atoms in total. The number of alkyl halides is 1. The van der Waals surface area contributed by atoms with Crippen molar-refractivity contribution in [2.45, 2.75) is 12.8 Å². The highest BCUT2D eigenvalue weighted by Crippen LogP contribution is 2.29. The summed E-state index contributed by atoms with van der Waals surface area (Å²) >= 11 is 7.27. The van der Waals surface area contributed by atoms with E-state index in [-0.39, 0.29) is 11.4 Å². The van der Waals surface area contributed by atoms with Crippen LogP contribution in [0.5, 0.6) is 0 Å². The normalized spacial score (nSPS) is 11.1. The molecule has 0 fully saturated rings. The Morgan fingerprint density at radius 2 is 2.05 bits per heavy atom. The topological polar surface area (TPSA) is 34.4 Å². The third-order valence-corrected chi connectivity index (χ3v) is 4.16. The van der Waals surface area contributed by atoms with Gasteiger partial charge in [0.05, 0.1) is 17.3 Å². The van der Waals surface area contributed by atoms with Crippen LogP contribution in [0.4, 0.5) is 0 Å². The fraction of sp³-hybridized carbons (Fsp3) is 0.143. The molecule has 0 saturated carbocycles. The van der Waals surface area contributed by atoms with Crippen molar-refractivity contribution in [3.8, 4) is 11.3 Å². The molecule has 3 aromatic rings. The number of fused-ring (bicyclic) bond motifs is 1. The van der Waals surface area contributed by atoms with Crippen LogP contribution in [0.25, 0.3) is 16.2 Å². The highest BCUT2D eigenvalue weighted by atomic mass is 35.5. The lowest BCUT2D eigenvalue weighted by molar-refractivity contribution is 1.04. The fourth-order valence-corrected chi connectivity index (χ4v) is 3.27. The van der Waals surface area contributed by atoms with Crippen LogP contribution in [0.1, 0.15) is 10.6 Å². The third-order valence-electron chi connectivity index (χ3n) is 2.93. The number of hydrogen-bond acceptors (Lipinski definition) is 3.